The van der Waals surface area contributed by atoms with E-state index >= 15 is 0 Å². The molecule has 0 bridgehead atoms. The molecule has 0 radical (unpaired) electrons. The summed E-state index contributed by atoms with van der Waals surface area (Å²) < 4.78 is 18.0. The Morgan fingerprint density at radius 3 is 2.27 bits per heavy atom. The summed E-state index contributed by atoms with van der Waals surface area (Å²) in [4.78, 5) is 23.8. The molecular weight excluding hydrogens is 355 g/mol. The number of anilines is 1. The highest BCUT2D eigenvalue weighted by Crippen LogP contribution is 2.16. The standard InChI is InChI=1S/C19H21FN2O3S/c1-13(14-3-5-15(20)6-4-14)21-18(23)11-26-12-19(24)22-16-7-9-17(25-2)10-8-16/h3-10,13H,11-12H2,1-2H3,(H,21,23)(H,22,24). The number of thioether (sulfide) groups is 1. The van der Waals surface area contributed by atoms with E-state index < -0.39 is 0 Å². The highest BCUT2D eigenvalue weighted by atomic mass is 32.2. The van der Waals surface area contributed by atoms with Gasteiger partial charge in [-0.1, -0.05) is 12.1 Å². The minimum atomic E-state index is -0.314. The SMILES string of the molecule is COc1ccc(NC(=O)CSCC(=O)NC(C)c2ccc(F)cc2)cc1. The molecule has 0 aliphatic rings. The summed E-state index contributed by atoms with van der Waals surface area (Å²) in [5.74, 6) is 0.380. The van der Waals surface area contributed by atoms with Crippen LogP contribution in [0.3, 0.4) is 0 Å². The van der Waals surface area contributed by atoms with Crippen LogP contribution >= 0.6 is 11.8 Å². The summed E-state index contributed by atoms with van der Waals surface area (Å²) in [5, 5.41) is 5.58. The van der Waals surface area contributed by atoms with Gasteiger partial charge in [-0.2, -0.15) is 0 Å². The topological polar surface area (TPSA) is 67.4 Å². The van der Waals surface area contributed by atoms with Crippen LogP contribution < -0.4 is 15.4 Å². The van der Waals surface area contributed by atoms with Crippen molar-refractivity contribution >= 4 is 29.3 Å². The van der Waals surface area contributed by atoms with Crippen molar-refractivity contribution in [3.63, 3.8) is 0 Å². The van der Waals surface area contributed by atoms with Gasteiger partial charge in [0.2, 0.25) is 11.8 Å². The number of carbonyl (C=O) groups excluding carboxylic acids is 2. The van der Waals surface area contributed by atoms with Gasteiger partial charge in [0, 0.05) is 5.69 Å². The zero-order valence-corrected chi connectivity index (χ0v) is 15.4. The second kappa shape index (κ2) is 9.82. The van der Waals surface area contributed by atoms with Crippen LogP contribution in [-0.4, -0.2) is 30.4 Å². The Bertz CT molecular complexity index is 735. The van der Waals surface area contributed by atoms with Gasteiger partial charge in [-0.15, -0.1) is 11.8 Å². The second-order valence-electron chi connectivity index (χ2n) is 5.61. The molecule has 1 atom stereocenters. The van der Waals surface area contributed by atoms with Crippen molar-refractivity contribution in [2.24, 2.45) is 0 Å². The summed E-state index contributed by atoms with van der Waals surface area (Å²) in [7, 11) is 1.58. The molecule has 0 aromatic heterocycles. The highest BCUT2D eigenvalue weighted by molar-refractivity contribution is 8.00. The van der Waals surface area contributed by atoms with E-state index in [4.69, 9.17) is 4.74 Å². The first kappa shape index (κ1) is 19.8. The first-order valence-corrected chi connectivity index (χ1v) is 9.20. The maximum atomic E-state index is 12.9. The molecule has 138 valence electrons. The average Bonchev–Trinajstić information content (AvgIpc) is 2.62. The Hall–Kier alpha value is -2.54. The number of amides is 2. The number of carbonyl (C=O) groups is 2. The molecule has 0 aliphatic carbocycles. The molecule has 0 aliphatic heterocycles. The number of halogens is 1. The van der Waals surface area contributed by atoms with Gasteiger partial charge in [0.25, 0.3) is 0 Å². The fraction of sp³-hybridized carbons (Fsp3) is 0.263. The van der Waals surface area contributed by atoms with E-state index in [9.17, 15) is 14.0 Å². The lowest BCUT2D eigenvalue weighted by molar-refractivity contribution is -0.119. The number of hydrogen-bond acceptors (Lipinski definition) is 4. The third-order valence-corrected chi connectivity index (χ3v) is 4.52. The summed E-state index contributed by atoms with van der Waals surface area (Å²) in [6.07, 6.45) is 0. The third-order valence-electron chi connectivity index (χ3n) is 3.59. The summed E-state index contributed by atoms with van der Waals surface area (Å²) in [6.45, 7) is 1.83. The molecule has 2 amide bonds. The molecule has 2 aromatic carbocycles. The predicted molar refractivity (Wildman–Crippen MR) is 102 cm³/mol. The van der Waals surface area contributed by atoms with Gasteiger partial charge in [0.1, 0.15) is 11.6 Å². The highest BCUT2D eigenvalue weighted by Gasteiger charge is 2.11. The Morgan fingerprint density at radius 2 is 1.65 bits per heavy atom. The Morgan fingerprint density at radius 1 is 1.04 bits per heavy atom. The van der Waals surface area contributed by atoms with Gasteiger partial charge in [0.15, 0.2) is 0 Å². The van der Waals surface area contributed by atoms with E-state index in [1.807, 2.05) is 6.92 Å². The molecule has 2 N–H and O–H groups in total. The maximum absolute atomic E-state index is 12.9. The number of hydrogen-bond donors (Lipinski definition) is 2. The first-order valence-electron chi connectivity index (χ1n) is 8.04. The monoisotopic (exact) mass is 376 g/mol. The molecule has 5 nitrogen and oxygen atoms in total. The van der Waals surface area contributed by atoms with Gasteiger partial charge in [-0.25, -0.2) is 4.39 Å². The quantitative estimate of drug-likeness (QED) is 0.741. The number of nitrogens with one attached hydrogen (secondary N) is 2. The van der Waals surface area contributed by atoms with E-state index in [0.29, 0.717) is 11.4 Å². The maximum Gasteiger partial charge on any atom is 0.234 e. The van der Waals surface area contributed by atoms with Crippen LogP contribution in [0.1, 0.15) is 18.5 Å². The van der Waals surface area contributed by atoms with Gasteiger partial charge in [-0.3, -0.25) is 9.59 Å². The lowest BCUT2D eigenvalue weighted by Gasteiger charge is -2.14. The summed E-state index contributed by atoms with van der Waals surface area (Å²) in [5.41, 5.74) is 1.49. The largest absolute Gasteiger partial charge is 0.497 e. The van der Waals surface area contributed by atoms with E-state index in [0.717, 1.165) is 5.56 Å². The zero-order valence-electron chi connectivity index (χ0n) is 14.6. The molecular formula is C19H21FN2O3S. The fourth-order valence-electron chi connectivity index (χ4n) is 2.23. The Kier molecular flexibility index (Phi) is 7.47. The van der Waals surface area contributed by atoms with E-state index in [2.05, 4.69) is 10.6 Å². The van der Waals surface area contributed by atoms with Crippen LogP contribution in [0.15, 0.2) is 48.5 Å². The minimum Gasteiger partial charge on any atom is -0.497 e. The van der Waals surface area contributed by atoms with Crippen molar-refractivity contribution in [3.8, 4) is 5.75 Å². The molecule has 1 unspecified atom stereocenters. The lowest BCUT2D eigenvalue weighted by Crippen LogP contribution is -2.28. The van der Waals surface area contributed by atoms with Crippen molar-refractivity contribution in [2.75, 3.05) is 23.9 Å². The van der Waals surface area contributed by atoms with Gasteiger partial charge in [-0.05, 0) is 48.9 Å². The van der Waals surface area contributed by atoms with Crippen LogP contribution in [-0.2, 0) is 9.59 Å². The van der Waals surface area contributed by atoms with Crippen molar-refractivity contribution in [1.82, 2.24) is 5.32 Å². The first-order chi connectivity index (χ1) is 12.5. The summed E-state index contributed by atoms with van der Waals surface area (Å²) >= 11 is 1.23. The molecule has 26 heavy (non-hydrogen) atoms. The van der Waals surface area contributed by atoms with Gasteiger partial charge >= 0.3 is 0 Å². The zero-order chi connectivity index (χ0) is 18.9. The van der Waals surface area contributed by atoms with Crippen LogP contribution in [0, 0.1) is 5.82 Å². The molecule has 0 saturated carbocycles. The number of benzene rings is 2. The molecule has 2 rings (SSSR count). The van der Waals surface area contributed by atoms with Gasteiger partial charge in [0.05, 0.1) is 24.7 Å². The summed E-state index contributed by atoms with van der Waals surface area (Å²) in [6, 6.07) is 12.8. The molecule has 2 aromatic rings. The van der Waals surface area contributed by atoms with Crippen molar-refractivity contribution in [1.29, 1.82) is 0 Å². The second-order valence-corrected chi connectivity index (χ2v) is 6.60. The number of ether oxygens (including phenoxy) is 1. The number of methoxy groups -OCH3 is 1. The lowest BCUT2D eigenvalue weighted by atomic mass is 10.1. The van der Waals surface area contributed by atoms with E-state index in [1.165, 1.54) is 23.9 Å². The Labute approximate surface area is 156 Å². The molecule has 0 saturated heterocycles. The molecule has 0 spiro atoms. The van der Waals surface area contributed by atoms with E-state index in [1.54, 1.807) is 43.5 Å². The number of rotatable bonds is 8. The fourth-order valence-corrected chi connectivity index (χ4v) is 2.85. The average molecular weight is 376 g/mol. The van der Waals surface area contributed by atoms with Crippen LogP contribution in [0.25, 0.3) is 0 Å². The van der Waals surface area contributed by atoms with Crippen molar-refractivity contribution < 1.29 is 18.7 Å². The normalized spacial score (nSPS) is 11.5. The molecule has 0 heterocycles. The van der Waals surface area contributed by atoms with Crippen LogP contribution in [0.4, 0.5) is 10.1 Å². The van der Waals surface area contributed by atoms with Crippen LogP contribution in [0.5, 0.6) is 5.75 Å². The Balaban J connectivity index is 1.69. The molecule has 7 heteroatoms. The van der Waals surface area contributed by atoms with E-state index in [-0.39, 0.29) is 35.2 Å². The molecule has 0 fully saturated rings. The van der Waals surface area contributed by atoms with Crippen molar-refractivity contribution in [2.45, 2.75) is 13.0 Å². The smallest absolute Gasteiger partial charge is 0.234 e. The van der Waals surface area contributed by atoms with Gasteiger partial charge < -0.3 is 15.4 Å². The minimum absolute atomic E-state index is 0.168. The third kappa shape index (κ3) is 6.40. The van der Waals surface area contributed by atoms with Crippen molar-refractivity contribution in [3.05, 3.63) is 59.9 Å². The van der Waals surface area contributed by atoms with Crippen LogP contribution in [0.2, 0.25) is 0 Å². The predicted octanol–water partition coefficient (Wildman–Crippen LogP) is 3.38.